The van der Waals surface area contributed by atoms with Crippen molar-refractivity contribution in [3.63, 3.8) is 0 Å². The Kier molecular flexibility index (Phi) is 6.34. The number of carbonyl (C=O) groups excluding carboxylic acids is 3. The molecule has 0 bridgehead atoms. The van der Waals surface area contributed by atoms with Crippen LogP contribution >= 0.6 is 11.3 Å². The molecule has 1 saturated heterocycles. The maximum atomic E-state index is 12.3. The van der Waals surface area contributed by atoms with Crippen LogP contribution in [0.25, 0.3) is 0 Å². The lowest BCUT2D eigenvalue weighted by Gasteiger charge is -2.19. The number of aromatic nitrogens is 1. The van der Waals surface area contributed by atoms with E-state index < -0.39 is 18.5 Å². The number of rotatable bonds is 7. The van der Waals surface area contributed by atoms with Gasteiger partial charge in [-0.1, -0.05) is 18.2 Å². The first-order valence-electron chi connectivity index (χ1n) is 8.71. The molecule has 0 N–H and O–H groups in total. The second-order valence-electron chi connectivity index (χ2n) is 6.08. The average molecular weight is 398 g/mol. The van der Waals surface area contributed by atoms with Crippen molar-refractivity contribution in [3.8, 4) is 6.07 Å². The lowest BCUT2D eigenvalue weighted by atomic mass is 10.3. The van der Waals surface area contributed by atoms with Gasteiger partial charge >= 0.3 is 5.97 Å². The van der Waals surface area contributed by atoms with Crippen molar-refractivity contribution in [2.24, 2.45) is 0 Å². The van der Waals surface area contributed by atoms with E-state index in [1.54, 1.807) is 40.6 Å². The summed E-state index contributed by atoms with van der Waals surface area (Å²) in [5, 5.41) is 11.2. The zero-order valence-electron chi connectivity index (χ0n) is 15.0. The highest BCUT2D eigenvalue weighted by molar-refractivity contribution is 7.14. The van der Waals surface area contributed by atoms with Gasteiger partial charge in [-0.2, -0.15) is 5.26 Å². The van der Waals surface area contributed by atoms with Gasteiger partial charge in [0.2, 0.25) is 5.91 Å². The Morgan fingerprint density at radius 1 is 1.32 bits per heavy atom. The van der Waals surface area contributed by atoms with Crippen molar-refractivity contribution < 1.29 is 19.1 Å². The Morgan fingerprint density at radius 2 is 2.11 bits per heavy atom. The molecule has 1 aliphatic heterocycles. The average Bonchev–Trinajstić information content (AvgIpc) is 3.33. The second-order valence-corrected chi connectivity index (χ2v) is 6.92. The van der Waals surface area contributed by atoms with Gasteiger partial charge in [0.1, 0.15) is 6.54 Å². The van der Waals surface area contributed by atoms with E-state index in [-0.39, 0.29) is 18.9 Å². The molecule has 9 heteroatoms. The van der Waals surface area contributed by atoms with E-state index in [4.69, 9.17) is 10.00 Å². The minimum absolute atomic E-state index is 0.0348. The van der Waals surface area contributed by atoms with Gasteiger partial charge in [0.25, 0.3) is 5.91 Å². The van der Waals surface area contributed by atoms with Crippen LogP contribution in [0, 0.1) is 11.3 Å². The summed E-state index contributed by atoms with van der Waals surface area (Å²) in [4.78, 5) is 43.3. The monoisotopic (exact) mass is 398 g/mol. The number of carbonyl (C=O) groups is 3. The SMILES string of the molecule is N#CCN(C(=O)COC(=O)Cc1csc(N2CCCC2=O)n1)c1ccccc1. The maximum Gasteiger partial charge on any atom is 0.312 e. The van der Waals surface area contributed by atoms with Gasteiger partial charge in [0.05, 0.1) is 18.2 Å². The van der Waals surface area contributed by atoms with Gasteiger partial charge in [0.15, 0.2) is 11.7 Å². The summed E-state index contributed by atoms with van der Waals surface area (Å²) in [6.07, 6.45) is 1.23. The van der Waals surface area contributed by atoms with Gasteiger partial charge in [-0.15, -0.1) is 11.3 Å². The summed E-state index contributed by atoms with van der Waals surface area (Å²) in [6, 6.07) is 10.6. The maximum absolute atomic E-state index is 12.3. The Hall–Kier alpha value is -3.25. The zero-order valence-corrected chi connectivity index (χ0v) is 15.9. The Morgan fingerprint density at radius 3 is 2.79 bits per heavy atom. The fourth-order valence-corrected chi connectivity index (χ4v) is 3.64. The molecule has 144 valence electrons. The first-order chi connectivity index (χ1) is 13.6. The third-order valence-electron chi connectivity index (χ3n) is 4.12. The summed E-state index contributed by atoms with van der Waals surface area (Å²) in [5.41, 5.74) is 1.05. The summed E-state index contributed by atoms with van der Waals surface area (Å²) in [7, 11) is 0. The molecule has 0 atom stereocenters. The molecule has 0 spiro atoms. The van der Waals surface area contributed by atoms with E-state index >= 15 is 0 Å². The Bertz CT molecular complexity index is 906. The number of anilines is 2. The van der Waals surface area contributed by atoms with Crippen LogP contribution in [0.5, 0.6) is 0 Å². The summed E-state index contributed by atoms with van der Waals surface area (Å²) < 4.78 is 5.06. The number of nitriles is 1. The number of nitrogens with zero attached hydrogens (tertiary/aromatic N) is 4. The van der Waals surface area contributed by atoms with Crippen LogP contribution in [0.15, 0.2) is 35.7 Å². The minimum atomic E-state index is -0.595. The normalized spacial score (nSPS) is 13.2. The molecule has 1 aromatic heterocycles. The largest absolute Gasteiger partial charge is 0.455 e. The predicted molar refractivity (Wildman–Crippen MR) is 103 cm³/mol. The number of amides is 2. The number of para-hydroxylation sites is 1. The number of thiazole rings is 1. The lowest BCUT2D eigenvalue weighted by molar-refractivity contribution is -0.147. The van der Waals surface area contributed by atoms with E-state index in [1.165, 1.54) is 16.2 Å². The van der Waals surface area contributed by atoms with Crippen molar-refractivity contribution >= 4 is 39.9 Å². The quantitative estimate of drug-likeness (QED) is 0.521. The third kappa shape index (κ3) is 4.72. The molecule has 1 aliphatic rings. The van der Waals surface area contributed by atoms with Crippen molar-refractivity contribution in [2.45, 2.75) is 19.3 Å². The molecule has 0 unspecified atom stereocenters. The number of esters is 1. The second kappa shape index (κ2) is 9.10. The summed E-state index contributed by atoms with van der Waals surface area (Å²) in [6.45, 7) is 0.0374. The number of benzene rings is 1. The number of ether oxygens (including phenoxy) is 1. The molecule has 8 nitrogen and oxygen atoms in total. The van der Waals surface area contributed by atoms with E-state index in [9.17, 15) is 14.4 Å². The lowest BCUT2D eigenvalue weighted by Crippen LogP contribution is -2.35. The molecule has 0 saturated carbocycles. The molecular weight excluding hydrogens is 380 g/mol. The minimum Gasteiger partial charge on any atom is -0.455 e. The smallest absolute Gasteiger partial charge is 0.312 e. The molecule has 1 aromatic carbocycles. The molecular formula is C19H18N4O4S. The first-order valence-corrected chi connectivity index (χ1v) is 9.59. The Labute approximate surface area is 166 Å². The van der Waals surface area contributed by atoms with Crippen LogP contribution < -0.4 is 9.80 Å². The molecule has 2 amide bonds. The molecule has 0 radical (unpaired) electrons. The standard InChI is InChI=1S/C19H18N4O4S/c20-8-10-22(15-5-2-1-3-6-15)17(25)12-27-18(26)11-14-13-28-19(21-14)23-9-4-7-16(23)24/h1-3,5-6,13H,4,7,9-12H2. The van der Waals surface area contributed by atoms with Crippen LogP contribution in [0.4, 0.5) is 10.8 Å². The van der Waals surface area contributed by atoms with E-state index in [1.807, 2.05) is 6.07 Å². The highest BCUT2D eigenvalue weighted by Gasteiger charge is 2.24. The van der Waals surface area contributed by atoms with Gasteiger partial charge in [-0.3, -0.25) is 24.2 Å². The molecule has 2 heterocycles. The van der Waals surface area contributed by atoms with Gasteiger partial charge in [-0.05, 0) is 18.6 Å². The number of hydrogen-bond acceptors (Lipinski definition) is 7. The van der Waals surface area contributed by atoms with Crippen LogP contribution in [0.3, 0.4) is 0 Å². The van der Waals surface area contributed by atoms with Gasteiger partial charge < -0.3 is 4.74 Å². The summed E-state index contributed by atoms with van der Waals surface area (Å²) in [5.74, 6) is -1.04. The summed E-state index contributed by atoms with van der Waals surface area (Å²) >= 11 is 1.30. The number of hydrogen-bond donors (Lipinski definition) is 0. The van der Waals surface area contributed by atoms with Crippen molar-refractivity contribution in [1.29, 1.82) is 5.26 Å². The van der Waals surface area contributed by atoms with Crippen molar-refractivity contribution in [1.82, 2.24) is 4.98 Å². The van der Waals surface area contributed by atoms with Crippen LogP contribution in [-0.2, 0) is 25.5 Å². The van der Waals surface area contributed by atoms with Crippen LogP contribution in [0.2, 0.25) is 0 Å². The van der Waals surface area contributed by atoms with Gasteiger partial charge in [-0.25, -0.2) is 4.98 Å². The van der Waals surface area contributed by atoms with Crippen molar-refractivity contribution in [3.05, 3.63) is 41.4 Å². The first kappa shape index (κ1) is 19.5. The predicted octanol–water partition coefficient (Wildman–Crippen LogP) is 1.91. The van der Waals surface area contributed by atoms with Gasteiger partial charge in [0, 0.05) is 24.0 Å². The topological polar surface area (TPSA) is 104 Å². The van der Waals surface area contributed by atoms with Crippen LogP contribution in [-0.4, -0.2) is 42.5 Å². The molecule has 2 aromatic rings. The van der Waals surface area contributed by atoms with E-state index in [0.717, 1.165) is 6.42 Å². The van der Waals surface area contributed by atoms with Crippen molar-refractivity contribution in [2.75, 3.05) is 29.5 Å². The molecule has 28 heavy (non-hydrogen) atoms. The van der Waals surface area contributed by atoms with E-state index in [0.29, 0.717) is 29.5 Å². The fourth-order valence-electron chi connectivity index (χ4n) is 2.77. The highest BCUT2D eigenvalue weighted by Crippen LogP contribution is 2.25. The fraction of sp³-hybridized carbons (Fsp3) is 0.316. The molecule has 3 rings (SSSR count). The third-order valence-corrected chi connectivity index (χ3v) is 5.04. The highest BCUT2D eigenvalue weighted by atomic mass is 32.1. The molecule has 1 fully saturated rings. The van der Waals surface area contributed by atoms with Crippen LogP contribution in [0.1, 0.15) is 18.5 Å². The zero-order chi connectivity index (χ0) is 19.9. The molecule has 0 aliphatic carbocycles. The van der Waals surface area contributed by atoms with E-state index in [2.05, 4.69) is 4.98 Å². The Balaban J connectivity index is 1.53.